The Morgan fingerprint density at radius 3 is 2.76 bits per heavy atom. The Bertz CT molecular complexity index is 187. The van der Waals surface area contributed by atoms with Gasteiger partial charge in [-0.2, -0.15) is 0 Å². The molecule has 0 saturated heterocycles. The SMILES string of the molecule is CCCNC[C@H](O)CO[C@H]1CCCC[C@@H]1CC. The molecule has 2 N–H and O–H groups in total. The second-order valence-electron chi connectivity index (χ2n) is 5.18. The van der Waals surface area contributed by atoms with Gasteiger partial charge in [-0.3, -0.25) is 0 Å². The Balaban J connectivity index is 2.14. The van der Waals surface area contributed by atoms with Crippen LogP contribution in [0.1, 0.15) is 52.4 Å². The first-order valence-electron chi connectivity index (χ1n) is 7.28. The Kier molecular flexibility index (Phi) is 7.82. The molecular formula is C14H29NO2. The smallest absolute Gasteiger partial charge is 0.0897 e. The molecule has 0 heterocycles. The molecule has 17 heavy (non-hydrogen) atoms. The molecule has 1 rings (SSSR count). The van der Waals surface area contributed by atoms with Crippen molar-refractivity contribution in [2.75, 3.05) is 19.7 Å². The van der Waals surface area contributed by atoms with Crippen LogP contribution in [0, 0.1) is 5.92 Å². The minimum atomic E-state index is -0.360. The molecule has 3 atom stereocenters. The molecule has 3 heteroatoms. The molecule has 1 fully saturated rings. The van der Waals surface area contributed by atoms with Gasteiger partial charge in [0.15, 0.2) is 0 Å². The number of aliphatic hydroxyl groups excluding tert-OH is 1. The molecule has 0 aliphatic heterocycles. The number of nitrogens with one attached hydrogen (secondary N) is 1. The summed E-state index contributed by atoms with van der Waals surface area (Å²) >= 11 is 0. The molecular weight excluding hydrogens is 214 g/mol. The van der Waals surface area contributed by atoms with Crippen LogP contribution in [-0.4, -0.2) is 37.0 Å². The molecule has 1 aliphatic rings. The summed E-state index contributed by atoms with van der Waals surface area (Å²) in [6.07, 6.45) is 7.43. The third kappa shape index (κ3) is 5.84. The van der Waals surface area contributed by atoms with Gasteiger partial charge in [0, 0.05) is 6.54 Å². The van der Waals surface area contributed by atoms with Crippen molar-refractivity contribution in [1.82, 2.24) is 5.32 Å². The number of hydrogen-bond acceptors (Lipinski definition) is 3. The van der Waals surface area contributed by atoms with Crippen LogP contribution in [0.5, 0.6) is 0 Å². The Morgan fingerprint density at radius 1 is 1.29 bits per heavy atom. The van der Waals surface area contributed by atoms with Crippen molar-refractivity contribution in [2.45, 2.75) is 64.6 Å². The molecule has 0 spiro atoms. The highest BCUT2D eigenvalue weighted by Gasteiger charge is 2.24. The molecule has 102 valence electrons. The molecule has 0 aromatic carbocycles. The zero-order chi connectivity index (χ0) is 12.5. The predicted octanol–water partition coefficient (Wildman–Crippen LogP) is 2.33. The second-order valence-corrected chi connectivity index (χ2v) is 5.18. The predicted molar refractivity (Wildman–Crippen MR) is 71.2 cm³/mol. The summed E-state index contributed by atoms with van der Waals surface area (Å²) in [6, 6.07) is 0. The standard InChI is InChI=1S/C14H29NO2/c1-3-9-15-10-13(16)11-17-14-8-6-5-7-12(14)4-2/h12-16H,3-11H2,1-2H3/t12-,13-,14-/m0/s1. The van der Waals surface area contributed by atoms with Gasteiger partial charge < -0.3 is 15.2 Å². The highest BCUT2D eigenvalue weighted by atomic mass is 16.5. The molecule has 0 aromatic heterocycles. The fourth-order valence-electron chi connectivity index (χ4n) is 2.60. The average molecular weight is 243 g/mol. The maximum Gasteiger partial charge on any atom is 0.0897 e. The lowest BCUT2D eigenvalue weighted by Gasteiger charge is -2.31. The normalized spacial score (nSPS) is 27.0. The summed E-state index contributed by atoms with van der Waals surface area (Å²) in [6.45, 7) is 6.47. The van der Waals surface area contributed by atoms with E-state index >= 15 is 0 Å². The van der Waals surface area contributed by atoms with Crippen LogP contribution in [-0.2, 0) is 4.74 Å². The van der Waals surface area contributed by atoms with Crippen molar-refractivity contribution in [3.05, 3.63) is 0 Å². The van der Waals surface area contributed by atoms with Gasteiger partial charge in [-0.1, -0.05) is 33.1 Å². The van der Waals surface area contributed by atoms with Crippen molar-refractivity contribution >= 4 is 0 Å². The lowest BCUT2D eigenvalue weighted by molar-refractivity contribution is -0.0498. The second kappa shape index (κ2) is 8.90. The third-order valence-electron chi connectivity index (χ3n) is 3.67. The zero-order valence-corrected chi connectivity index (χ0v) is 11.5. The lowest BCUT2D eigenvalue weighted by atomic mass is 9.85. The largest absolute Gasteiger partial charge is 0.389 e. The van der Waals surface area contributed by atoms with Gasteiger partial charge in [-0.15, -0.1) is 0 Å². The maximum atomic E-state index is 9.78. The first kappa shape index (κ1) is 14.9. The van der Waals surface area contributed by atoms with Gasteiger partial charge in [0.25, 0.3) is 0 Å². The van der Waals surface area contributed by atoms with Crippen molar-refractivity contribution in [3.8, 4) is 0 Å². The van der Waals surface area contributed by atoms with Crippen LogP contribution < -0.4 is 5.32 Å². The summed E-state index contributed by atoms with van der Waals surface area (Å²) in [5.74, 6) is 0.708. The van der Waals surface area contributed by atoms with Crippen molar-refractivity contribution in [1.29, 1.82) is 0 Å². The highest BCUT2D eigenvalue weighted by molar-refractivity contribution is 4.75. The van der Waals surface area contributed by atoms with Crippen LogP contribution in [0.4, 0.5) is 0 Å². The number of rotatable bonds is 8. The first-order chi connectivity index (χ1) is 8.27. The van der Waals surface area contributed by atoms with Crippen molar-refractivity contribution in [2.24, 2.45) is 5.92 Å². The van der Waals surface area contributed by atoms with Crippen LogP contribution in [0.2, 0.25) is 0 Å². The average Bonchev–Trinajstić information content (AvgIpc) is 2.37. The Morgan fingerprint density at radius 2 is 2.06 bits per heavy atom. The fourth-order valence-corrected chi connectivity index (χ4v) is 2.60. The van der Waals surface area contributed by atoms with E-state index in [-0.39, 0.29) is 6.10 Å². The highest BCUT2D eigenvalue weighted by Crippen LogP contribution is 2.29. The maximum absolute atomic E-state index is 9.78. The van der Waals surface area contributed by atoms with Gasteiger partial charge in [-0.25, -0.2) is 0 Å². The van der Waals surface area contributed by atoms with Crippen LogP contribution >= 0.6 is 0 Å². The summed E-state index contributed by atoms with van der Waals surface area (Å²) < 4.78 is 5.89. The van der Waals surface area contributed by atoms with Gasteiger partial charge >= 0.3 is 0 Å². The summed E-state index contributed by atoms with van der Waals surface area (Å²) in [5.41, 5.74) is 0. The Labute approximate surface area is 106 Å². The minimum Gasteiger partial charge on any atom is -0.389 e. The molecule has 0 amide bonds. The summed E-state index contributed by atoms with van der Waals surface area (Å²) in [7, 11) is 0. The van der Waals surface area contributed by atoms with E-state index in [4.69, 9.17) is 4.74 Å². The van der Waals surface area contributed by atoms with E-state index in [2.05, 4.69) is 19.2 Å². The monoisotopic (exact) mass is 243 g/mol. The molecule has 0 aromatic rings. The van der Waals surface area contributed by atoms with Crippen molar-refractivity contribution < 1.29 is 9.84 Å². The van der Waals surface area contributed by atoms with E-state index in [0.717, 1.165) is 13.0 Å². The first-order valence-corrected chi connectivity index (χ1v) is 7.28. The van der Waals surface area contributed by atoms with E-state index in [1.807, 2.05) is 0 Å². The van der Waals surface area contributed by atoms with Crippen LogP contribution in [0.3, 0.4) is 0 Å². The lowest BCUT2D eigenvalue weighted by Crippen LogP contribution is -2.35. The quantitative estimate of drug-likeness (QED) is 0.643. The van der Waals surface area contributed by atoms with Crippen LogP contribution in [0.25, 0.3) is 0 Å². The number of ether oxygens (including phenoxy) is 1. The van der Waals surface area contributed by atoms with Crippen molar-refractivity contribution in [3.63, 3.8) is 0 Å². The van der Waals surface area contributed by atoms with E-state index in [9.17, 15) is 5.11 Å². The molecule has 0 radical (unpaired) electrons. The van der Waals surface area contributed by atoms with Gasteiger partial charge in [-0.05, 0) is 31.7 Å². The molecule has 0 unspecified atom stereocenters. The minimum absolute atomic E-state index is 0.360. The van der Waals surface area contributed by atoms with Gasteiger partial charge in [0.2, 0.25) is 0 Å². The third-order valence-corrected chi connectivity index (χ3v) is 3.67. The summed E-state index contributed by atoms with van der Waals surface area (Å²) in [5, 5.41) is 13.0. The topological polar surface area (TPSA) is 41.5 Å². The molecule has 1 saturated carbocycles. The van der Waals surface area contributed by atoms with E-state index in [1.54, 1.807) is 0 Å². The number of aliphatic hydroxyl groups is 1. The molecule has 1 aliphatic carbocycles. The van der Waals surface area contributed by atoms with E-state index < -0.39 is 0 Å². The van der Waals surface area contributed by atoms with Crippen LogP contribution in [0.15, 0.2) is 0 Å². The fraction of sp³-hybridized carbons (Fsp3) is 1.00. The molecule has 3 nitrogen and oxygen atoms in total. The molecule has 0 bridgehead atoms. The Hall–Kier alpha value is -0.120. The number of hydrogen-bond donors (Lipinski definition) is 2. The zero-order valence-electron chi connectivity index (χ0n) is 11.5. The van der Waals surface area contributed by atoms with Gasteiger partial charge in [0.1, 0.15) is 0 Å². The van der Waals surface area contributed by atoms with Gasteiger partial charge in [0.05, 0.1) is 18.8 Å². The van der Waals surface area contributed by atoms with E-state index in [0.29, 0.717) is 25.2 Å². The van der Waals surface area contributed by atoms with E-state index in [1.165, 1.54) is 32.1 Å². The summed E-state index contributed by atoms with van der Waals surface area (Å²) in [4.78, 5) is 0.